The van der Waals surface area contributed by atoms with Gasteiger partial charge in [0.05, 0.1) is 36.6 Å². The van der Waals surface area contributed by atoms with Crippen molar-refractivity contribution in [3.05, 3.63) is 45.7 Å². The van der Waals surface area contributed by atoms with Gasteiger partial charge < -0.3 is 33.7 Å². The van der Waals surface area contributed by atoms with E-state index in [1.807, 2.05) is 30.5 Å². The predicted octanol–water partition coefficient (Wildman–Crippen LogP) is 2.76. The van der Waals surface area contributed by atoms with Gasteiger partial charge in [0.1, 0.15) is 0 Å². The third-order valence-electron chi connectivity index (χ3n) is 6.44. The highest BCUT2D eigenvalue weighted by Crippen LogP contribution is 2.53. The maximum atomic E-state index is 12.7. The van der Waals surface area contributed by atoms with Gasteiger partial charge in [0, 0.05) is 50.5 Å². The molecule has 2 aliphatic heterocycles. The van der Waals surface area contributed by atoms with Gasteiger partial charge >= 0.3 is 0 Å². The summed E-state index contributed by atoms with van der Waals surface area (Å²) in [6.07, 6.45) is 1.26. The highest BCUT2D eigenvalue weighted by Gasteiger charge is 2.46. The maximum absolute atomic E-state index is 12.7. The number of pyridine rings is 1. The number of benzene rings is 1. The number of aliphatic hydroxyl groups excluding tert-OH is 1. The molecule has 3 heterocycles. The zero-order valence-electron chi connectivity index (χ0n) is 19.0. The first-order valence-electron chi connectivity index (χ1n) is 10.9. The van der Waals surface area contributed by atoms with Crippen LogP contribution in [0.1, 0.15) is 56.1 Å². The number of fused-ring (bicyclic) bond motifs is 6. The third-order valence-corrected chi connectivity index (χ3v) is 6.44. The smallest absolute Gasteiger partial charge is 0.190 e. The monoisotopic (exact) mass is 445 g/mol. The Morgan fingerprint density at radius 3 is 2.66 bits per heavy atom. The van der Waals surface area contributed by atoms with Crippen LogP contribution in [0.5, 0.6) is 11.5 Å². The summed E-state index contributed by atoms with van der Waals surface area (Å²) in [5.41, 5.74) is 1.64. The van der Waals surface area contributed by atoms with E-state index in [9.17, 15) is 15.0 Å². The fraction of sp³-hybridized carbons (Fsp3) is 0.542. The van der Waals surface area contributed by atoms with Crippen LogP contribution >= 0.6 is 0 Å². The first-order valence-corrected chi connectivity index (χ1v) is 10.9. The molecule has 174 valence electrons. The van der Waals surface area contributed by atoms with Crippen molar-refractivity contribution in [3.63, 3.8) is 0 Å². The average molecular weight is 446 g/mol. The minimum absolute atomic E-state index is 0.0533. The van der Waals surface area contributed by atoms with Gasteiger partial charge in [-0.25, -0.2) is 0 Å². The van der Waals surface area contributed by atoms with Crippen molar-refractivity contribution in [2.24, 2.45) is 0 Å². The topological polar surface area (TPSA) is 99.4 Å². The second kappa shape index (κ2) is 8.86. The predicted molar refractivity (Wildman–Crippen MR) is 118 cm³/mol. The number of nitrogens with zero attached hydrogens (tertiary/aromatic N) is 1. The fourth-order valence-electron chi connectivity index (χ4n) is 5.00. The Morgan fingerprint density at radius 1 is 1.19 bits per heavy atom. The Bertz CT molecular complexity index is 1040. The summed E-state index contributed by atoms with van der Waals surface area (Å²) in [6.45, 7) is 5.77. The lowest BCUT2D eigenvalue weighted by Gasteiger charge is -2.49. The Balaban J connectivity index is 1.89. The van der Waals surface area contributed by atoms with Crippen molar-refractivity contribution in [1.29, 1.82) is 0 Å². The summed E-state index contributed by atoms with van der Waals surface area (Å²) in [5.74, 6) is 1.33. The molecule has 2 N–H and O–H groups in total. The summed E-state index contributed by atoms with van der Waals surface area (Å²) < 4.78 is 24.8. The number of aromatic nitrogens is 1. The van der Waals surface area contributed by atoms with Gasteiger partial charge in [-0.3, -0.25) is 4.79 Å². The second-order valence-electron chi connectivity index (χ2n) is 8.84. The van der Waals surface area contributed by atoms with Gasteiger partial charge in [-0.05, 0) is 38.0 Å². The van der Waals surface area contributed by atoms with Crippen molar-refractivity contribution >= 4 is 0 Å². The van der Waals surface area contributed by atoms with Crippen molar-refractivity contribution < 1.29 is 29.2 Å². The summed E-state index contributed by atoms with van der Waals surface area (Å²) in [6, 6.07) is 5.25. The molecule has 0 spiro atoms. The lowest BCUT2D eigenvalue weighted by atomic mass is 9.73. The Morgan fingerprint density at radius 2 is 1.97 bits per heavy atom. The van der Waals surface area contributed by atoms with Crippen LogP contribution < -0.4 is 14.9 Å². The number of hydrogen-bond acceptors (Lipinski definition) is 7. The first kappa shape index (κ1) is 22.8. The molecule has 2 atom stereocenters. The normalized spacial score (nSPS) is 21.0. The molecule has 4 rings (SSSR count). The van der Waals surface area contributed by atoms with Gasteiger partial charge in [0.15, 0.2) is 23.2 Å². The van der Waals surface area contributed by atoms with Crippen molar-refractivity contribution in [2.75, 3.05) is 34.0 Å². The van der Waals surface area contributed by atoms with Crippen LogP contribution in [0.4, 0.5) is 0 Å². The van der Waals surface area contributed by atoms with Gasteiger partial charge in [0.2, 0.25) is 0 Å². The first-order chi connectivity index (χ1) is 15.3. The van der Waals surface area contributed by atoms with Crippen LogP contribution in [0, 0.1) is 0 Å². The van der Waals surface area contributed by atoms with E-state index in [0.29, 0.717) is 37.0 Å². The van der Waals surface area contributed by atoms with Gasteiger partial charge in [-0.1, -0.05) is 0 Å². The second-order valence-corrected chi connectivity index (χ2v) is 8.84. The summed E-state index contributed by atoms with van der Waals surface area (Å²) in [7, 11) is 3.25. The molecule has 0 amide bonds. The molecule has 2 aliphatic rings. The van der Waals surface area contributed by atoms with E-state index in [4.69, 9.17) is 18.9 Å². The quantitative estimate of drug-likeness (QED) is 0.499. The van der Waals surface area contributed by atoms with Crippen LogP contribution in [-0.2, 0) is 9.47 Å². The summed E-state index contributed by atoms with van der Waals surface area (Å²) in [5, 5.41) is 19.5. The van der Waals surface area contributed by atoms with Crippen LogP contribution in [-0.4, -0.2) is 54.4 Å². The molecule has 1 fully saturated rings. The Hall–Kier alpha value is -2.39. The van der Waals surface area contributed by atoms with Crippen LogP contribution in [0.3, 0.4) is 0 Å². The SMILES string of the molecule is COCCCOc1cc2c(cc1OC)-c1cc(=O)c(C(O)O)cn1C1C2CCOC1(C)C. The molecule has 1 aromatic carbocycles. The Labute approximate surface area is 187 Å². The standard InChI is InChI=1S/C24H31NO7/c1-24(2)22-14(6-9-32-24)15-10-21(31-8-5-7-29-3)20(30-4)11-16(15)18-12-19(26)17(23(27)28)13-25(18)22/h10-14,22-23,27-28H,5-9H2,1-4H3. The minimum atomic E-state index is -1.84. The highest BCUT2D eigenvalue weighted by atomic mass is 16.5. The number of aliphatic hydroxyl groups is 2. The molecule has 8 heteroatoms. The molecular formula is C24H31NO7. The summed E-state index contributed by atoms with van der Waals surface area (Å²) >= 11 is 0. The van der Waals surface area contributed by atoms with Crippen molar-refractivity contribution in [1.82, 2.24) is 4.57 Å². The lowest BCUT2D eigenvalue weighted by molar-refractivity contribution is -0.0983. The highest BCUT2D eigenvalue weighted by molar-refractivity contribution is 5.72. The van der Waals surface area contributed by atoms with Crippen LogP contribution in [0.15, 0.2) is 29.2 Å². The van der Waals surface area contributed by atoms with Crippen LogP contribution in [0.25, 0.3) is 11.3 Å². The number of hydrogen-bond donors (Lipinski definition) is 2. The van der Waals surface area contributed by atoms with Crippen LogP contribution in [0.2, 0.25) is 0 Å². The number of rotatable bonds is 7. The number of methoxy groups -OCH3 is 2. The fourth-order valence-corrected chi connectivity index (χ4v) is 5.00. The molecule has 0 radical (unpaired) electrons. The largest absolute Gasteiger partial charge is 0.493 e. The molecule has 1 saturated heterocycles. The zero-order chi connectivity index (χ0) is 23.0. The lowest BCUT2D eigenvalue weighted by Crippen LogP contribution is -2.46. The van der Waals surface area contributed by atoms with E-state index in [2.05, 4.69) is 0 Å². The van der Waals surface area contributed by atoms with Gasteiger partial charge in [0.25, 0.3) is 0 Å². The number of ether oxygens (including phenoxy) is 4. The van der Waals surface area contributed by atoms with Crippen molar-refractivity contribution in [3.8, 4) is 22.8 Å². The molecule has 0 bridgehead atoms. The molecule has 2 unspecified atom stereocenters. The van der Waals surface area contributed by atoms with E-state index in [1.165, 1.54) is 6.07 Å². The van der Waals surface area contributed by atoms with Crippen molar-refractivity contribution in [2.45, 2.75) is 50.5 Å². The summed E-state index contributed by atoms with van der Waals surface area (Å²) in [4.78, 5) is 12.7. The van der Waals surface area contributed by atoms with E-state index in [-0.39, 0.29) is 17.5 Å². The van der Waals surface area contributed by atoms with E-state index in [0.717, 1.165) is 24.0 Å². The third kappa shape index (κ3) is 3.92. The van der Waals surface area contributed by atoms with Gasteiger partial charge in [-0.2, -0.15) is 0 Å². The Kier molecular flexibility index (Phi) is 6.31. The van der Waals surface area contributed by atoms with E-state index in [1.54, 1.807) is 20.4 Å². The maximum Gasteiger partial charge on any atom is 0.190 e. The molecule has 1 aromatic heterocycles. The molecular weight excluding hydrogens is 414 g/mol. The zero-order valence-corrected chi connectivity index (χ0v) is 19.0. The van der Waals surface area contributed by atoms with Gasteiger partial charge in [-0.15, -0.1) is 0 Å². The molecule has 0 aliphatic carbocycles. The van der Waals surface area contributed by atoms with E-state index < -0.39 is 17.3 Å². The molecule has 32 heavy (non-hydrogen) atoms. The minimum Gasteiger partial charge on any atom is -0.493 e. The molecule has 2 aromatic rings. The van der Waals surface area contributed by atoms with E-state index >= 15 is 0 Å². The average Bonchev–Trinajstić information content (AvgIpc) is 2.75. The molecule has 0 saturated carbocycles. The molecule has 8 nitrogen and oxygen atoms in total.